The van der Waals surface area contributed by atoms with E-state index in [4.69, 9.17) is 9.47 Å². The van der Waals surface area contributed by atoms with Crippen molar-refractivity contribution in [2.24, 2.45) is 0 Å². The SMILES string of the molecule is COc1cc2ncc3c(n2n1)CCCN3C(=O)OC(C)(C)C. The average Bonchev–Trinajstić information content (AvgIpc) is 2.88. The summed E-state index contributed by atoms with van der Waals surface area (Å²) in [4.78, 5) is 18.4. The van der Waals surface area contributed by atoms with Crippen LogP contribution in [0, 0.1) is 0 Å². The largest absolute Gasteiger partial charge is 0.480 e. The zero-order chi connectivity index (χ0) is 15.9. The molecule has 0 fully saturated rings. The van der Waals surface area contributed by atoms with Gasteiger partial charge in [-0.1, -0.05) is 0 Å². The molecule has 0 spiro atoms. The number of aromatic nitrogens is 3. The molecule has 2 aromatic heterocycles. The maximum absolute atomic E-state index is 12.4. The van der Waals surface area contributed by atoms with Gasteiger partial charge in [0.15, 0.2) is 5.65 Å². The number of carbonyl (C=O) groups excluding carboxylic acids is 1. The highest BCUT2D eigenvalue weighted by Crippen LogP contribution is 2.29. The van der Waals surface area contributed by atoms with Crippen LogP contribution in [0.3, 0.4) is 0 Å². The lowest BCUT2D eigenvalue weighted by Crippen LogP contribution is -2.40. The van der Waals surface area contributed by atoms with E-state index in [-0.39, 0.29) is 6.09 Å². The van der Waals surface area contributed by atoms with Gasteiger partial charge in [-0.2, -0.15) is 0 Å². The Kier molecular flexibility index (Phi) is 3.42. The first-order valence-corrected chi connectivity index (χ1v) is 7.31. The molecular weight excluding hydrogens is 284 g/mol. The van der Waals surface area contributed by atoms with Crippen LogP contribution in [-0.4, -0.2) is 39.9 Å². The number of amides is 1. The van der Waals surface area contributed by atoms with Gasteiger partial charge >= 0.3 is 6.09 Å². The summed E-state index contributed by atoms with van der Waals surface area (Å²) in [6.07, 6.45) is 3.04. The van der Waals surface area contributed by atoms with Crippen LogP contribution in [0.15, 0.2) is 12.3 Å². The Hall–Kier alpha value is -2.31. The van der Waals surface area contributed by atoms with Gasteiger partial charge in [-0.25, -0.2) is 14.3 Å². The minimum atomic E-state index is -0.527. The molecule has 1 aliphatic rings. The number of hydrogen-bond acceptors (Lipinski definition) is 5. The van der Waals surface area contributed by atoms with Crippen molar-refractivity contribution in [3.8, 4) is 5.88 Å². The first-order chi connectivity index (χ1) is 10.4. The molecule has 7 nitrogen and oxygen atoms in total. The summed E-state index contributed by atoms with van der Waals surface area (Å²) in [5, 5.41) is 4.37. The normalized spacial score (nSPS) is 14.8. The summed E-state index contributed by atoms with van der Waals surface area (Å²) in [6.45, 7) is 6.19. The van der Waals surface area contributed by atoms with E-state index in [9.17, 15) is 4.79 Å². The number of hydrogen-bond donors (Lipinski definition) is 0. The zero-order valence-corrected chi connectivity index (χ0v) is 13.3. The zero-order valence-electron chi connectivity index (χ0n) is 13.3. The second-order valence-electron chi connectivity index (χ2n) is 6.28. The third-order valence-electron chi connectivity index (χ3n) is 3.45. The number of nitrogens with zero attached hydrogens (tertiary/aromatic N) is 4. The number of aryl methyl sites for hydroxylation is 1. The molecule has 0 N–H and O–H groups in total. The van der Waals surface area contributed by atoms with Crippen LogP contribution >= 0.6 is 0 Å². The van der Waals surface area contributed by atoms with Gasteiger partial charge in [0.2, 0.25) is 5.88 Å². The van der Waals surface area contributed by atoms with Crippen molar-refractivity contribution in [3.05, 3.63) is 18.0 Å². The first-order valence-electron chi connectivity index (χ1n) is 7.31. The van der Waals surface area contributed by atoms with E-state index in [1.807, 2.05) is 20.8 Å². The van der Waals surface area contributed by atoms with Gasteiger partial charge in [0, 0.05) is 12.6 Å². The predicted molar refractivity (Wildman–Crippen MR) is 81.4 cm³/mol. The summed E-state index contributed by atoms with van der Waals surface area (Å²) < 4.78 is 12.4. The fraction of sp³-hybridized carbons (Fsp3) is 0.533. The second-order valence-corrected chi connectivity index (χ2v) is 6.28. The Morgan fingerprint density at radius 2 is 2.14 bits per heavy atom. The molecule has 0 saturated carbocycles. The Morgan fingerprint density at radius 3 is 2.82 bits per heavy atom. The standard InChI is InChI=1S/C15H20N4O3/c1-15(2,3)22-14(20)18-7-5-6-10-11(18)9-16-12-8-13(21-4)17-19(10)12/h8-9H,5-7H2,1-4H3. The minimum absolute atomic E-state index is 0.353. The molecule has 22 heavy (non-hydrogen) atoms. The first kappa shape index (κ1) is 14.6. The average molecular weight is 304 g/mol. The Bertz CT molecular complexity index is 717. The summed E-state index contributed by atoms with van der Waals surface area (Å²) in [5.74, 6) is 0.510. The van der Waals surface area contributed by atoms with Crippen LogP contribution in [0.1, 0.15) is 32.9 Å². The predicted octanol–water partition coefficient (Wildman–Crippen LogP) is 2.43. The van der Waals surface area contributed by atoms with Crippen molar-refractivity contribution >= 4 is 17.4 Å². The molecule has 0 atom stereocenters. The van der Waals surface area contributed by atoms with E-state index in [0.717, 1.165) is 24.2 Å². The molecule has 1 aliphatic heterocycles. The lowest BCUT2D eigenvalue weighted by atomic mass is 10.1. The molecule has 0 radical (unpaired) electrons. The van der Waals surface area contributed by atoms with Gasteiger partial charge in [0.1, 0.15) is 5.60 Å². The van der Waals surface area contributed by atoms with Crippen molar-refractivity contribution < 1.29 is 14.3 Å². The van der Waals surface area contributed by atoms with E-state index in [0.29, 0.717) is 18.1 Å². The second kappa shape index (κ2) is 5.15. The van der Waals surface area contributed by atoms with E-state index >= 15 is 0 Å². The summed E-state index contributed by atoms with van der Waals surface area (Å²) in [5.41, 5.74) is 1.88. The number of ether oxygens (including phenoxy) is 2. The van der Waals surface area contributed by atoms with Gasteiger partial charge in [-0.05, 0) is 33.6 Å². The maximum Gasteiger partial charge on any atom is 0.414 e. The number of anilines is 1. The molecule has 0 saturated heterocycles. The van der Waals surface area contributed by atoms with Crippen molar-refractivity contribution in [1.82, 2.24) is 14.6 Å². The van der Waals surface area contributed by atoms with E-state index < -0.39 is 5.60 Å². The van der Waals surface area contributed by atoms with Crippen molar-refractivity contribution in [2.45, 2.75) is 39.2 Å². The third-order valence-corrected chi connectivity index (χ3v) is 3.45. The lowest BCUT2D eigenvalue weighted by molar-refractivity contribution is 0.0577. The molecule has 0 aliphatic carbocycles. The number of rotatable bonds is 1. The topological polar surface area (TPSA) is 69.0 Å². The Labute approximate surface area is 128 Å². The van der Waals surface area contributed by atoms with Gasteiger partial charge in [0.25, 0.3) is 0 Å². The lowest BCUT2D eigenvalue weighted by Gasteiger charge is -2.31. The van der Waals surface area contributed by atoms with Crippen molar-refractivity contribution in [2.75, 3.05) is 18.6 Å². The van der Waals surface area contributed by atoms with E-state index in [2.05, 4.69) is 10.1 Å². The van der Waals surface area contributed by atoms with Crippen LogP contribution in [0.25, 0.3) is 5.65 Å². The molecule has 0 aromatic carbocycles. The molecule has 3 rings (SSSR count). The van der Waals surface area contributed by atoms with E-state index in [1.54, 1.807) is 28.8 Å². The molecular formula is C15H20N4O3. The fourth-order valence-corrected chi connectivity index (χ4v) is 2.54. The summed E-state index contributed by atoms with van der Waals surface area (Å²) >= 11 is 0. The number of fused-ring (bicyclic) bond motifs is 3. The van der Waals surface area contributed by atoms with Crippen molar-refractivity contribution in [3.63, 3.8) is 0 Å². The van der Waals surface area contributed by atoms with Crippen LogP contribution in [-0.2, 0) is 11.2 Å². The Morgan fingerprint density at radius 1 is 1.36 bits per heavy atom. The monoisotopic (exact) mass is 304 g/mol. The highest BCUT2D eigenvalue weighted by Gasteiger charge is 2.29. The summed E-state index contributed by atoms with van der Waals surface area (Å²) in [6, 6.07) is 1.77. The molecule has 0 bridgehead atoms. The van der Waals surface area contributed by atoms with Crippen LogP contribution in [0.5, 0.6) is 5.88 Å². The third kappa shape index (κ3) is 2.58. The van der Waals surface area contributed by atoms with Gasteiger partial charge in [-0.3, -0.25) is 4.90 Å². The van der Waals surface area contributed by atoms with Gasteiger partial charge in [0.05, 0.1) is 24.7 Å². The molecule has 0 unspecified atom stereocenters. The van der Waals surface area contributed by atoms with Crippen LogP contribution in [0.4, 0.5) is 10.5 Å². The van der Waals surface area contributed by atoms with Crippen LogP contribution < -0.4 is 9.64 Å². The molecule has 3 heterocycles. The molecule has 7 heteroatoms. The molecule has 118 valence electrons. The smallest absolute Gasteiger partial charge is 0.414 e. The van der Waals surface area contributed by atoms with Crippen molar-refractivity contribution in [1.29, 1.82) is 0 Å². The highest BCUT2D eigenvalue weighted by molar-refractivity contribution is 5.89. The molecule has 2 aromatic rings. The fourth-order valence-electron chi connectivity index (χ4n) is 2.54. The quantitative estimate of drug-likeness (QED) is 0.809. The van der Waals surface area contributed by atoms with Gasteiger partial charge in [-0.15, -0.1) is 5.10 Å². The minimum Gasteiger partial charge on any atom is -0.480 e. The summed E-state index contributed by atoms with van der Waals surface area (Å²) in [7, 11) is 1.57. The molecule has 1 amide bonds. The Balaban J connectivity index is 2.01. The highest BCUT2D eigenvalue weighted by atomic mass is 16.6. The van der Waals surface area contributed by atoms with Gasteiger partial charge < -0.3 is 9.47 Å². The number of carbonyl (C=O) groups is 1. The number of methoxy groups -OCH3 is 1. The van der Waals surface area contributed by atoms with Crippen LogP contribution in [0.2, 0.25) is 0 Å². The van der Waals surface area contributed by atoms with E-state index in [1.165, 1.54) is 0 Å². The maximum atomic E-state index is 12.4.